The first-order chi connectivity index (χ1) is 11.0. The van der Waals surface area contributed by atoms with Crippen molar-refractivity contribution in [2.75, 3.05) is 26.3 Å². The van der Waals surface area contributed by atoms with E-state index in [1.165, 1.54) is 12.8 Å². The molecule has 1 unspecified atom stereocenters. The number of likely N-dealkylation sites (tertiary alicyclic amines) is 1. The zero-order chi connectivity index (χ0) is 16.8. The lowest BCUT2D eigenvalue weighted by molar-refractivity contribution is 0.0393. The van der Waals surface area contributed by atoms with Crippen LogP contribution in [0.1, 0.15) is 54.6 Å². The van der Waals surface area contributed by atoms with Gasteiger partial charge in [0.1, 0.15) is 12.4 Å². The molecule has 24 heavy (non-hydrogen) atoms. The molecule has 1 aromatic rings. The Morgan fingerprint density at radius 3 is 2.33 bits per heavy atom. The predicted molar refractivity (Wildman–Crippen MR) is 99.5 cm³/mol. The number of carbonyl (C=O) groups is 1. The highest BCUT2D eigenvalue weighted by Gasteiger charge is 2.21. The fraction of sp³-hybridized carbons (Fsp3) is 0.632. The van der Waals surface area contributed by atoms with Gasteiger partial charge in [0.25, 0.3) is 0 Å². The quantitative estimate of drug-likeness (QED) is 0.688. The first-order valence-electron chi connectivity index (χ1n) is 8.68. The van der Waals surface area contributed by atoms with Crippen LogP contribution in [-0.4, -0.2) is 43.2 Å². The monoisotopic (exact) mass is 355 g/mol. The van der Waals surface area contributed by atoms with E-state index in [0.29, 0.717) is 18.8 Å². The third-order valence-corrected chi connectivity index (χ3v) is 4.40. The smallest absolute Gasteiger partial charge is 0.338 e. The van der Waals surface area contributed by atoms with Crippen molar-refractivity contribution in [3.05, 3.63) is 28.8 Å². The zero-order valence-corrected chi connectivity index (χ0v) is 16.1. The van der Waals surface area contributed by atoms with Gasteiger partial charge < -0.3 is 9.47 Å². The van der Waals surface area contributed by atoms with Gasteiger partial charge in [0.2, 0.25) is 0 Å². The molecule has 2 rings (SSSR count). The minimum atomic E-state index is -0.229. The molecule has 0 radical (unpaired) electrons. The summed E-state index contributed by atoms with van der Waals surface area (Å²) in [5, 5.41) is 0. The van der Waals surface area contributed by atoms with Gasteiger partial charge in [-0.2, -0.15) is 0 Å². The van der Waals surface area contributed by atoms with Gasteiger partial charge in [0.15, 0.2) is 0 Å². The maximum absolute atomic E-state index is 12.4. The van der Waals surface area contributed by atoms with E-state index in [1.54, 1.807) is 0 Å². The molecule has 0 saturated carbocycles. The molecule has 0 N–H and O–H groups in total. The Bertz CT molecular complexity index is 518. The summed E-state index contributed by atoms with van der Waals surface area (Å²) >= 11 is 0. The summed E-state index contributed by atoms with van der Waals surface area (Å²) in [6.07, 6.45) is 3.46. The molecule has 1 heterocycles. The van der Waals surface area contributed by atoms with Gasteiger partial charge >= 0.3 is 5.97 Å². The molecule has 0 aromatic heterocycles. The molecule has 1 atom stereocenters. The average Bonchev–Trinajstić information content (AvgIpc) is 3.04. The fourth-order valence-corrected chi connectivity index (χ4v) is 3.11. The normalized spacial score (nSPS) is 15.7. The first kappa shape index (κ1) is 20.8. The molecular weight excluding hydrogens is 326 g/mol. The number of carbonyl (C=O) groups excluding carboxylic acids is 1. The highest BCUT2D eigenvalue weighted by molar-refractivity contribution is 5.93. The van der Waals surface area contributed by atoms with Crippen LogP contribution >= 0.6 is 12.4 Å². The summed E-state index contributed by atoms with van der Waals surface area (Å²) in [5.41, 5.74) is 2.49. The van der Waals surface area contributed by atoms with E-state index < -0.39 is 0 Å². The lowest BCUT2D eigenvalue weighted by atomic mass is 10.0. The van der Waals surface area contributed by atoms with Crippen LogP contribution in [0.2, 0.25) is 0 Å². The van der Waals surface area contributed by atoms with Gasteiger partial charge in [-0.15, -0.1) is 12.4 Å². The maximum atomic E-state index is 12.4. The second-order valence-electron chi connectivity index (χ2n) is 6.47. The maximum Gasteiger partial charge on any atom is 0.338 e. The molecule has 0 amide bonds. The van der Waals surface area contributed by atoms with Gasteiger partial charge in [-0.3, -0.25) is 4.90 Å². The SMILES string of the molecule is CCCOc1cc(C)c(C(=O)OCC(C)N2CCCC2)c(C)c1.Cl. The lowest BCUT2D eigenvalue weighted by Gasteiger charge is -2.23. The molecule has 1 aromatic carbocycles. The summed E-state index contributed by atoms with van der Waals surface area (Å²) in [7, 11) is 0. The second-order valence-corrected chi connectivity index (χ2v) is 6.47. The molecule has 1 aliphatic heterocycles. The van der Waals surface area contributed by atoms with Gasteiger partial charge in [0, 0.05) is 6.04 Å². The number of ether oxygens (including phenoxy) is 2. The Balaban J connectivity index is 0.00000288. The first-order valence-corrected chi connectivity index (χ1v) is 8.68. The van der Waals surface area contributed by atoms with Crippen LogP contribution in [0.15, 0.2) is 12.1 Å². The molecule has 4 nitrogen and oxygen atoms in total. The van der Waals surface area contributed by atoms with Crippen LogP contribution in [0, 0.1) is 13.8 Å². The Hall–Kier alpha value is -1.26. The van der Waals surface area contributed by atoms with E-state index in [1.807, 2.05) is 26.0 Å². The van der Waals surface area contributed by atoms with Crippen molar-refractivity contribution in [1.29, 1.82) is 0 Å². The third-order valence-electron chi connectivity index (χ3n) is 4.40. The zero-order valence-electron chi connectivity index (χ0n) is 15.3. The van der Waals surface area contributed by atoms with Gasteiger partial charge in [0.05, 0.1) is 12.2 Å². The number of hydrogen-bond acceptors (Lipinski definition) is 4. The van der Waals surface area contributed by atoms with E-state index in [4.69, 9.17) is 9.47 Å². The van der Waals surface area contributed by atoms with Crippen LogP contribution in [0.3, 0.4) is 0 Å². The number of aryl methyl sites for hydroxylation is 2. The van der Waals surface area contributed by atoms with Crippen molar-refractivity contribution in [2.24, 2.45) is 0 Å². The number of esters is 1. The molecule has 1 saturated heterocycles. The molecule has 136 valence electrons. The van der Waals surface area contributed by atoms with Gasteiger partial charge in [-0.25, -0.2) is 4.79 Å². The van der Waals surface area contributed by atoms with Crippen molar-refractivity contribution in [1.82, 2.24) is 4.90 Å². The predicted octanol–water partition coefficient (Wildman–Crippen LogP) is 4.16. The van der Waals surface area contributed by atoms with Crippen LogP contribution in [-0.2, 0) is 4.74 Å². The summed E-state index contributed by atoms with van der Waals surface area (Å²) in [5.74, 6) is 0.594. The van der Waals surface area contributed by atoms with Crippen LogP contribution in [0.25, 0.3) is 0 Å². The van der Waals surface area contributed by atoms with E-state index in [-0.39, 0.29) is 24.4 Å². The van der Waals surface area contributed by atoms with E-state index in [9.17, 15) is 4.79 Å². The fourth-order valence-electron chi connectivity index (χ4n) is 3.11. The number of rotatable bonds is 7. The van der Waals surface area contributed by atoms with Crippen molar-refractivity contribution in [3.63, 3.8) is 0 Å². The highest BCUT2D eigenvalue weighted by atomic mass is 35.5. The summed E-state index contributed by atoms with van der Waals surface area (Å²) in [6, 6.07) is 4.13. The van der Waals surface area contributed by atoms with Crippen LogP contribution in [0.5, 0.6) is 5.75 Å². The van der Waals surface area contributed by atoms with Crippen LogP contribution < -0.4 is 4.74 Å². The minimum absolute atomic E-state index is 0. The summed E-state index contributed by atoms with van der Waals surface area (Å²) < 4.78 is 11.2. The Kier molecular flexibility index (Phi) is 8.57. The standard InChI is InChI=1S/C19H29NO3.ClH/c1-5-10-22-17-11-14(2)18(15(3)12-17)19(21)23-13-16(4)20-8-6-7-9-20;/h11-12,16H,5-10,13H2,1-4H3;1H. The molecule has 1 fully saturated rings. The molecule has 5 heteroatoms. The molecule has 1 aliphatic rings. The third kappa shape index (κ3) is 5.38. The topological polar surface area (TPSA) is 38.8 Å². The molecule has 0 aliphatic carbocycles. The van der Waals surface area contributed by atoms with Gasteiger partial charge in [-0.1, -0.05) is 6.92 Å². The minimum Gasteiger partial charge on any atom is -0.494 e. The number of nitrogens with zero attached hydrogens (tertiary/aromatic N) is 1. The second kappa shape index (κ2) is 9.90. The highest BCUT2D eigenvalue weighted by Crippen LogP contribution is 2.23. The van der Waals surface area contributed by atoms with Crippen molar-refractivity contribution >= 4 is 18.4 Å². The largest absolute Gasteiger partial charge is 0.494 e. The summed E-state index contributed by atoms with van der Waals surface area (Å²) in [4.78, 5) is 14.8. The van der Waals surface area contributed by atoms with Crippen molar-refractivity contribution in [2.45, 2.75) is 53.0 Å². The lowest BCUT2D eigenvalue weighted by Crippen LogP contribution is -2.34. The average molecular weight is 356 g/mol. The Labute approximate surface area is 151 Å². The summed E-state index contributed by atoms with van der Waals surface area (Å²) in [6.45, 7) is 11.4. The van der Waals surface area contributed by atoms with Crippen molar-refractivity contribution < 1.29 is 14.3 Å². The van der Waals surface area contributed by atoms with E-state index in [0.717, 1.165) is 36.4 Å². The molecular formula is C19H30ClNO3. The molecule has 0 bridgehead atoms. The Morgan fingerprint density at radius 1 is 1.21 bits per heavy atom. The van der Waals surface area contributed by atoms with Gasteiger partial charge in [-0.05, 0) is 76.4 Å². The van der Waals surface area contributed by atoms with Crippen LogP contribution in [0.4, 0.5) is 0 Å². The van der Waals surface area contributed by atoms with E-state index >= 15 is 0 Å². The molecule has 0 spiro atoms. The number of halogens is 1. The Morgan fingerprint density at radius 2 is 1.79 bits per heavy atom. The number of benzene rings is 1. The van der Waals surface area contributed by atoms with E-state index in [2.05, 4.69) is 18.7 Å². The van der Waals surface area contributed by atoms with Crippen molar-refractivity contribution in [3.8, 4) is 5.75 Å². The number of hydrogen-bond donors (Lipinski definition) is 0.